The molecule has 1 aliphatic heterocycles. The summed E-state index contributed by atoms with van der Waals surface area (Å²) in [5.74, 6) is 0.891. The molecule has 0 spiro atoms. The summed E-state index contributed by atoms with van der Waals surface area (Å²) in [7, 11) is 0. The number of aromatic nitrogens is 1. The molecule has 2 rings (SSSR count). The van der Waals surface area contributed by atoms with Gasteiger partial charge in [-0.25, -0.2) is 4.98 Å². The molecule has 1 saturated heterocycles. The number of aryl methyl sites for hydroxylation is 1. The Balaban J connectivity index is 1.69. The van der Waals surface area contributed by atoms with Crippen LogP contribution in [-0.4, -0.2) is 43.3 Å². The zero-order valence-corrected chi connectivity index (χ0v) is 13.8. The van der Waals surface area contributed by atoms with E-state index in [1.54, 1.807) is 11.3 Å². The number of aliphatic imine (C=N–C) groups is 1. The van der Waals surface area contributed by atoms with Crippen molar-refractivity contribution < 1.29 is 4.74 Å². The molecular formula is C15H26N4OS. The van der Waals surface area contributed by atoms with Gasteiger partial charge in [0.25, 0.3) is 0 Å². The molecule has 0 radical (unpaired) electrons. The number of ether oxygens (including phenoxy) is 1. The third kappa shape index (κ3) is 6.01. The first-order valence-corrected chi connectivity index (χ1v) is 8.70. The average Bonchev–Trinajstić information content (AvgIpc) is 3.11. The lowest BCUT2D eigenvalue weighted by molar-refractivity contribution is 0.106. The molecule has 0 bridgehead atoms. The van der Waals surface area contributed by atoms with Gasteiger partial charge in [-0.05, 0) is 33.1 Å². The molecule has 2 N–H and O–H groups in total. The maximum absolute atomic E-state index is 5.62. The van der Waals surface area contributed by atoms with Crippen molar-refractivity contribution in [2.75, 3.05) is 26.2 Å². The minimum absolute atomic E-state index is 0.412. The highest BCUT2D eigenvalue weighted by Crippen LogP contribution is 2.14. The smallest absolute Gasteiger partial charge is 0.191 e. The normalized spacial score (nSPS) is 19.0. The van der Waals surface area contributed by atoms with Gasteiger partial charge in [-0.3, -0.25) is 4.99 Å². The van der Waals surface area contributed by atoms with Gasteiger partial charge in [0, 0.05) is 38.0 Å². The van der Waals surface area contributed by atoms with Gasteiger partial charge in [-0.2, -0.15) is 0 Å². The van der Waals surface area contributed by atoms with Crippen LogP contribution in [0.3, 0.4) is 0 Å². The van der Waals surface area contributed by atoms with Gasteiger partial charge in [0.05, 0.1) is 16.8 Å². The molecule has 118 valence electrons. The second-order valence-electron chi connectivity index (χ2n) is 5.22. The minimum Gasteiger partial charge on any atom is -0.378 e. The fourth-order valence-electron chi connectivity index (χ4n) is 2.37. The molecule has 0 saturated carbocycles. The molecule has 2 heterocycles. The van der Waals surface area contributed by atoms with E-state index in [0.717, 1.165) is 55.7 Å². The summed E-state index contributed by atoms with van der Waals surface area (Å²) < 4.78 is 5.62. The SMILES string of the molecule is CCNC(=NCCC1CCCO1)NCCc1csc(C)n1. The summed E-state index contributed by atoms with van der Waals surface area (Å²) in [5, 5.41) is 9.90. The van der Waals surface area contributed by atoms with Crippen LogP contribution in [0.25, 0.3) is 0 Å². The summed E-state index contributed by atoms with van der Waals surface area (Å²) in [6.07, 6.45) is 4.74. The zero-order valence-electron chi connectivity index (χ0n) is 13.0. The van der Waals surface area contributed by atoms with Crippen molar-refractivity contribution in [3.05, 3.63) is 16.1 Å². The Morgan fingerprint density at radius 2 is 2.43 bits per heavy atom. The van der Waals surface area contributed by atoms with Crippen LogP contribution in [0.15, 0.2) is 10.4 Å². The lowest BCUT2D eigenvalue weighted by Gasteiger charge is -2.12. The molecule has 1 aliphatic rings. The van der Waals surface area contributed by atoms with E-state index < -0.39 is 0 Å². The number of nitrogens with one attached hydrogen (secondary N) is 2. The van der Waals surface area contributed by atoms with Gasteiger partial charge < -0.3 is 15.4 Å². The number of nitrogens with zero attached hydrogens (tertiary/aromatic N) is 2. The topological polar surface area (TPSA) is 58.5 Å². The average molecular weight is 310 g/mol. The monoisotopic (exact) mass is 310 g/mol. The van der Waals surface area contributed by atoms with Crippen LogP contribution < -0.4 is 10.6 Å². The van der Waals surface area contributed by atoms with E-state index in [0.29, 0.717) is 6.10 Å². The van der Waals surface area contributed by atoms with Crippen LogP contribution in [-0.2, 0) is 11.2 Å². The number of hydrogen-bond donors (Lipinski definition) is 2. The molecule has 1 atom stereocenters. The number of thiazole rings is 1. The predicted octanol–water partition coefficient (Wildman–Crippen LogP) is 2.12. The van der Waals surface area contributed by atoms with E-state index in [1.165, 1.54) is 12.8 Å². The molecule has 1 unspecified atom stereocenters. The molecule has 0 aliphatic carbocycles. The van der Waals surface area contributed by atoms with Crippen molar-refractivity contribution in [1.29, 1.82) is 0 Å². The van der Waals surface area contributed by atoms with Crippen LogP contribution in [0, 0.1) is 6.92 Å². The third-order valence-corrected chi connectivity index (χ3v) is 4.25. The molecular weight excluding hydrogens is 284 g/mol. The van der Waals surface area contributed by atoms with E-state index >= 15 is 0 Å². The standard InChI is InChI=1S/C15H26N4OS/c1-3-16-15(18-9-7-14-5-4-10-20-14)17-8-6-13-11-21-12(2)19-13/h11,14H,3-10H2,1-2H3,(H2,16,17,18). The fourth-order valence-corrected chi connectivity index (χ4v) is 3.01. The largest absolute Gasteiger partial charge is 0.378 e. The fraction of sp³-hybridized carbons (Fsp3) is 0.733. The summed E-state index contributed by atoms with van der Waals surface area (Å²) >= 11 is 1.70. The Hall–Kier alpha value is -1.14. The highest BCUT2D eigenvalue weighted by atomic mass is 32.1. The number of rotatable bonds is 7. The predicted molar refractivity (Wildman–Crippen MR) is 88.1 cm³/mol. The van der Waals surface area contributed by atoms with Crippen LogP contribution in [0.5, 0.6) is 0 Å². The highest BCUT2D eigenvalue weighted by Gasteiger charge is 2.14. The lowest BCUT2D eigenvalue weighted by Crippen LogP contribution is -2.38. The van der Waals surface area contributed by atoms with E-state index in [9.17, 15) is 0 Å². The van der Waals surface area contributed by atoms with Crippen LogP contribution in [0.1, 0.15) is 36.9 Å². The minimum atomic E-state index is 0.412. The van der Waals surface area contributed by atoms with Gasteiger partial charge in [-0.15, -0.1) is 11.3 Å². The quantitative estimate of drug-likeness (QED) is 0.598. The van der Waals surface area contributed by atoms with Crippen molar-refractivity contribution in [3.63, 3.8) is 0 Å². The van der Waals surface area contributed by atoms with Gasteiger partial charge in [0.1, 0.15) is 0 Å². The Labute approximate surface area is 131 Å². The molecule has 5 nitrogen and oxygen atoms in total. The summed E-state index contributed by atoms with van der Waals surface area (Å²) in [6, 6.07) is 0. The second kappa shape index (κ2) is 9.00. The Kier molecular flexibility index (Phi) is 6.95. The van der Waals surface area contributed by atoms with Gasteiger partial charge in [0.15, 0.2) is 5.96 Å². The molecule has 6 heteroatoms. The zero-order chi connectivity index (χ0) is 14.9. The van der Waals surface area contributed by atoms with Crippen molar-refractivity contribution in [2.45, 2.75) is 45.6 Å². The molecule has 0 aromatic carbocycles. The third-order valence-electron chi connectivity index (χ3n) is 3.43. The Morgan fingerprint density at radius 3 is 3.10 bits per heavy atom. The van der Waals surface area contributed by atoms with E-state index in [-0.39, 0.29) is 0 Å². The first kappa shape index (κ1) is 16.2. The van der Waals surface area contributed by atoms with E-state index in [4.69, 9.17) is 4.74 Å². The number of guanidine groups is 1. The molecule has 1 fully saturated rings. The van der Waals surface area contributed by atoms with Gasteiger partial charge in [0.2, 0.25) is 0 Å². The van der Waals surface area contributed by atoms with Crippen molar-refractivity contribution in [3.8, 4) is 0 Å². The van der Waals surface area contributed by atoms with E-state index in [2.05, 4.69) is 32.9 Å². The summed E-state index contributed by atoms with van der Waals surface area (Å²) in [6.45, 7) is 7.59. The van der Waals surface area contributed by atoms with Crippen molar-refractivity contribution >= 4 is 17.3 Å². The van der Waals surface area contributed by atoms with Crippen LogP contribution >= 0.6 is 11.3 Å². The molecule has 1 aromatic rings. The van der Waals surface area contributed by atoms with Crippen molar-refractivity contribution in [2.24, 2.45) is 4.99 Å². The maximum atomic E-state index is 5.62. The molecule has 21 heavy (non-hydrogen) atoms. The first-order chi connectivity index (χ1) is 10.3. The second-order valence-corrected chi connectivity index (χ2v) is 6.28. The number of hydrogen-bond acceptors (Lipinski definition) is 4. The Bertz CT molecular complexity index is 441. The van der Waals surface area contributed by atoms with Crippen molar-refractivity contribution in [1.82, 2.24) is 15.6 Å². The van der Waals surface area contributed by atoms with Gasteiger partial charge >= 0.3 is 0 Å². The summed E-state index contributed by atoms with van der Waals surface area (Å²) in [4.78, 5) is 9.08. The van der Waals surface area contributed by atoms with Crippen LogP contribution in [0.4, 0.5) is 0 Å². The first-order valence-electron chi connectivity index (χ1n) is 7.82. The maximum Gasteiger partial charge on any atom is 0.191 e. The summed E-state index contributed by atoms with van der Waals surface area (Å²) in [5.41, 5.74) is 1.15. The van der Waals surface area contributed by atoms with Crippen LogP contribution in [0.2, 0.25) is 0 Å². The molecule has 0 amide bonds. The highest BCUT2D eigenvalue weighted by molar-refractivity contribution is 7.09. The lowest BCUT2D eigenvalue weighted by atomic mass is 10.2. The van der Waals surface area contributed by atoms with Gasteiger partial charge in [-0.1, -0.05) is 0 Å². The molecule has 1 aromatic heterocycles. The Morgan fingerprint density at radius 1 is 1.52 bits per heavy atom. The van der Waals surface area contributed by atoms with E-state index in [1.807, 2.05) is 6.92 Å².